The van der Waals surface area contributed by atoms with Crippen molar-refractivity contribution in [1.29, 1.82) is 0 Å². The molecule has 0 unspecified atom stereocenters. The van der Waals surface area contributed by atoms with E-state index in [2.05, 4.69) is 21.5 Å². The summed E-state index contributed by atoms with van der Waals surface area (Å²) in [6.45, 7) is 2.47. The van der Waals surface area contributed by atoms with E-state index in [0.29, 0.717) is 22.9 Å². The first-order valence-corrected chi connectivity index (χ1v) is 9.39. The number of nitrogens with one attached hydrogen (secondary N) is 1. The topological polar surface area (TPSA) is 68.0 Å². The van der Waals surface area contributed by atoms with E-state index in [9.17, 15) is 4.79 Å². The van der Waals surface area contributed by atoms with Gasteiger partial charge in [-0.3, -0.25) is 4.79 Å². The maximum absolute atomic E-state index is 12.4. The van der Waals surface area contributed by atoms with Gasteiger partial charge in [0.25, 0.3) is 5.91 Å². The Morgan fingerprint density at radius 3 is 3.04 bits per heavy atom. The number of carbonyl (C=O) groups excluding carboxylic acids is 1. The first kappa shape index (κ1) is 16.7. The lowest BCUT2D eigenvalue weighted by Gasteiger charge is -2.08. The molecule has 3 aromatic rings. The van der Waals surface area contributed by atoms with Gasteiger partial charge < -0.3 is 9.84 Å². The van der Waals surface area contributed by atoms with Crippen molar-refractivity contribution in [2.75, 3.05) is 6.54 Å². The lowest BCUT2D eigenvalue weighted by atomic mass is 10.2. The van der Waals surface area contributed by atoms with Gasteiger partial charge in [0.2, 0.25) is 0 Å². The second-order valence-electron chi connectivity index (χ2n) is 5.16. The summed E-state index contributed by atoms with van der Waals surface area (Å²) in [6.07, 6.45) is 2.53. The molecular weight excluding hydrogens is 342 g/mol. The number of rotatable bonds is 7. The normalized spacial score (nSPS) is 10.7. The zero-order valence-corrected chi connectivity index (χ0v) is 14.8. The van der Waals surface area contributed by atoms with E-state index < -0.39 is 0 Å². The Bertz CT molecular complexity index is 800. The third kappa shape index (κ3) is 4.46. The molecule has 0 aliphatic heterocycles. The van der Waals surface area contributed by atoms with Crippen molar-refractivity contribution >= 4 is 29.0 Å². The highest BCUT2D eigenvalue weighted by molar-refractivity contribution is 7.98. The fraction of sp³-hybridized carbons (Fsp3) is 0.235. The number of amides is 1. The van der Waals surface area contributed by atoms with Crippen LogP contribution < -0.4 is 5.32 Å². The number of hydrogen-bond donors (Lipinski definition) is 1. The Labute approximate surface area is 148 Å². The molecule has 1 amide bonds. The number of aryl methyl sites for hydroxylation is 1. The Hall–Kier alpha value is -2.12. The molecule has 0 saturated heterocycles. The lowest BCUT2D eigenvalue weighted by molar-refractivity contribution is 0.0950. The second kappa shape index (κ2) is 8.12. The van der Waals surface area contributed by atoms with Crippen LogP contribution in [0.4, 0.5) is 0 Å². The van der Waals surface area contributed by atoms with Crippen LogP contribution in [0.2, 0.25) is 0 Å². The van der Waals surface area contributed by atoms with Crippen molar-refractivity contribution in [3.05, 3.63) is 63.8 Å². The molecule has 24 heavy (non-hydrogen) atoms. The minimum absolute atomic E-state index is 0.0986. The Morgan fingerprint density at radius 1 is 1.38 bits per heavy atom. The van der Waals surface area contributed by atoms with Gasteiger partial charge in [0.15, 0.2) is 0 Å². The summed E-state index contributed by atoms with van der Waals surface area (Å²) in [5, 5.41) is 9.66. The van der Waals surface area contributed by atoms with Gasteiger partial charge in [-0.1, -0.05) is 23.0 Å². The number of carbonyl (C=O) groups is 1. The van der Waals surface area contributed by atoms with E-state index in [1.807, 2.05) is 24.4 Å². The van der Waals surface area contributed by atoms with E-state index >= 15 is 0 Å². The van der Waals surface area contributed by atoms with Gasteiger partial charge in [0, 0.05) is 29.4 Å². The summed E-state index contributed by atoms with van der Waals surface area (Å²) < 4.78 is 5.06. The maximum atomic E-state index is 12.4. The van der Waals surface area contributed by atoms with Crippen molar-refractivity contribution in [3.8, 4) is 0 Å². The summed E-state index contributed by atoms with van der Waals surface area (Å²) in [5.74, 6) is 1.29. The number of thioether (sulfide) groups is 1. The minimum atomic E-state index is -0.0986. The molecular formula is C17H17N3O2S2. The molecule has 5 nitrogen and oxygen atoms in total. The number of hydrogen-bond acceptors (Lipinski definition) is 6. The van der Waals surface area contributed by atoms with Crippen molar-refractivity contribution in [2.24, 2.45) is 0 Å². The van der Waals surface area contributed by atoms with Gasteiger partial charge in [-0.2, -0.15) is 0 Å². The molecule has 0 spiro atoms. The van der Waals surface area contributed by atoms with E-state index in [4.69, 9.17) is 4.52 Å². The van der Waals surface area contributed by atoms with Crippen LogP contribution in [0.25, 0.3) is 0 Å². The van der Waals surface area contributed by atoms with E-state index in [-0.39, 0.29) is 5.91 Å². The van der Waals surface area contributed by atoms with Crippen LogP contribution in [0.3, 0.4) is 0 Å². The van der Waals surface area contributed by atoms with Crippen molar-refractivity contribution in [1.82, 2.24) is 15.5 Å². The second-order valence-corrected chi connectivity index (χ2v) is 7.16. The molecule has 7 heteroatoms. The van der Waals surface area contributed by atoms with Gasteiger partial charge in [-0.25, -0.2) is 4.98 Å². The standard InChI is InChI=1S/C17H17N3O2S2/c1-12-10-13(20-22-12)11-24-17-15(5-2-7-19-17)16(21)18-8-6-14-4-3-9-23-14/h2-5,7,9-10H,6,8,11H2,1H3,(H,18,21). The highest BCUT2D eigenvalue weighted by atomic mass is 32.2. The third-order valence-electron chi connectivity index (χ3n) is 3.29. The molecule has 124 valence electrons. The van der Waals surface area contributed by atoms with Gasteiger partial charge >= 0.3 is 0 Å². The maximum Gasteiger partial charge on any atom is 0.254 e. The zero-order valence-electron chi connectivity index (χ0n) is 13.2. The van der Waals surface area contributed by atoms with Crippen LogP contribution >= 0.6 is 23.1 Å². The molecule has 0 atom stereocenters. The van der Waals surface area contributed by atoms with Crippen LogP contribution in [0.15, 0.2) is 51.5 Å². The first-order valence-electron chi connectivity index (χ1n) is 7.53. The Balaban J connectivity index is 1.59. The minimum Gasteiger partial charge on any atom is -0.361 e. The number of pyridine rings is 1. The first-order chi connectivity index (χ1) is 11.7. The number of thiophene rings is 1. The van der Waals surface area contributed by atoms with E-state index in [0.717, 1.165) is 17.9 Å². The SMILES string of the molecule is Cc1cc(CSc2ncccc2C(=O)NCCc2cccs2)no1. The average molecular weight is 359 g/mol. The number of aromatic nitrogens is 2. The number of nitrogens with zero attached hydrogens (tertiary/aromatic N) is 2. The van der Waals surface area contributed by atoms with Gasteiger partial charge in [0.05, 0.1) is 11.3 Å². The molecule has 0 aliphatic rings. The molecule has 0 bridgehead atoms. The molecule has 0 saturated carbocycles. The predicted octanol–water partition coefficient (Wildman–Crippen LogP) is 3.70. The Morgan fingerprint density at radius 2 is 2.29 bits per heavy atom. The van der Waals surface area contributed by atoms with Crippen LogP contribution in [0.5, 0.6) is 0 Å². The van der Waals surface area contributed by atoms with Crippen molar-refractivity contribution in [3.63, 3.8) is 0 Å². The van der Waals surface area contributed by atoms with Crippen LogP contribution in [0, 0.1) is 6.92 Å². The highest BCUT2D eigenvalue weighted by Gasteiger charge is 2.13. The summed E-state index contributed by atoms with van der Waals surface area (Å²) in [4.78, 5) is 18.0. The van der Waals surface area contributed by atoms with Gasteiger partial charge in [-0.15, -0.1) is 11.3 Å². The van der Waals surface area contributed by atoms with Crippen molar-refractivity contribution in [2.45, 2.75) is 24.1 Å². The van der Waals surface area contributed by atoms with Gasteiger partial charge in [0.1, 0.15) is 10.8 Å². The fourth-order valence-corrected chi connectivity index (χ4v) is 3.74. The summed E-state index contributed by atoms with van der Waals surface area (Å²) in [7, 11) is 0. The Kier molecular flexibility index (Phi) is 5.66. The van der Waals surface area contributed by atoms with Crippen LogP contribution in [0.1, 0.15) is 26.7 Å². The molecule has 3 rings (SSSR count). The molecule has 3 aromatic heterocycles. The molecule has 0 fully saturated rings. The monoisotopic (exact) mass is 359 g/mol. The van der Waals surface area contributed by atoms with Crippen molar-refractivity contribution < 1.29 is 9.32 Å². The largest absolute Gasteiger partial charge is 0.361 e. The average Bonchev–Trinajstić information content (AvgIpc) is 3.25. The van der Waals surface area contributed by atoms with Gasteiger partial charge in [-0.05, 0) is 36.9 Å². The van der Waals surface area contributed by atoms with Crippen LogP contribution in [-0.2, 0) is 12.2 Å². The quantitative estimate of drug-likeness (QED) is 0.652. The third-order valence-corrected chi connectivity index (χ3v) is 5.26. The molecule has 0 radical (unpaired) electrons. The van der Waals surface area contributed by atoms with E-state index in [1.54, 1.807) is 29.7 Å². The van der Waals surface area contributed by atoms with E-state index in [1.165, 1.54) is 16.6 Å². The summed E-state index contributed by atoms with van der Waals surface area (Å²) in [6, 6.07) is 9.55. The van der Waals surface area contributed by atoms with Crippen LogP contribution in [-0.4, -0.2) is 22.6 Å². The smallest absolute Gasteiger partial charge is 0.254 e. The predicted molar refractivity (Wildman–Crippen MR) is 95.4 cm³/mol. The molecule has 0 aliphatic carbocycles. The molecule has 3 heterocycles. The zero-order chi connectivity index (χ0) is 16.8. The summed E-state index contributed by atoms with van der Waals surface area (Å²) in [5.41, 5.74) is 1.43. The molecule has 0 aromatic carbocycles. The molecule has 1 N–H and O–H groups in total. The summed E-state index contributed by atoms with van der Waals surface area (Å²) >= 11 is 3.18. The highest BCUT2D eigenvalue weighted by Crippen LogP contribution is 2.24. The lowest BCUT2D eigenvalue weighted by Crippen LogP contribution is -2.26. The fourth-order valence-electron chi connectivity index (χ4n) is 2.16.